The van der Waals surface area contributed by atoms with Gasteiger partial charge in [-0.25, -0.2) is 4.79 Å². The van der Waals surface area contributed by atoms with Crippen LogP contribution < -0.4 is 10.2 Å². The molecule has 2 aromatic rings. The Bertz CT molecular complexity index is 695. The van der Waals surface area contributed by atoms with Crippen LogP contribution in [0.5, 0.6) is 0 Å². The standard InChI is InChI=1S/C18H22ClN3OS/c1-2-16-6-7-17(24-16)13-20-18(23)22-10-8-21(9-11-22)15-5-3-4-14(19)12-15/h3-7,12H,2,8-11,13H2,1H3,(H,20,23). The van der Waals surface area contributed by atoms with Gasteiger partial charge in [-0.05, 0) is 36.8 Å². The summed E-state index contributed by atoms with van der Waals surface area (Å²) >= 11 is 7.82. The Morgan fingerprint density at radius 1 is 1.17 bits per heavy atom. The van der Waals surface area contributed by atoms with Gasteiger partial charge in [0.15, 0.2) is 0 Å². The number of thiophene rings is 1. The second kappa shape index (κ2) is 7.90. The Hall–Kier alpha value is -1.72. The molecule has 2 amide bonds. The summed E-state index contributed by atoms with van der Waals surface area (Å²) in [6, 6.07) is 12.1. The highest BCUT2D eigenvalue weighted by atomic mass is 35.5. The van der Waals surface area contributed by atoms with Gasteiger partial charge < -0.3 is 15.1 Å². The molecule has 128 valence electrons. The number of carbonyl (C=O) groups excluding carboxylic acids is 1. The van der Waals surface area contributed by atoms with Crippen LogP contribution in [0.1, 0.15) is 16.7 Å². The van der Waals surface area contributed by atoms with Crippen molar-refractivity contribution in [1.82, 2.24) is 10.2 Å². The van der Waals surface area contributed by atoms with E-state index in [-0.39, 0.29) is 6.03 Å². The Labute approximate surface area is 152 Å². The minimum atomic E-state index is 0.0205. The van der Waals surface area contributed by atoms with E-state index in [1.165, 1.54) is 9.75 Å². The zero-order valence-corrected chi connectivity index (χ0v) is 15.4. The molecule has 0 aliphatic carbocycles. The summed E-state index contributed by atoms with van der Waals surface area (Å²) in [6.45, 7) is 5.86. The van der Waals surface area contributed by atoms with Crippen molar-refractivity contribution in [2.45, 2.75) is 19.9 Å². The molecule has 0 spiro atoms. The number of halogens is 1. The van der Waals surface area contributed by atoms with Crippen LogP contribution in [-0.4, -0.2) is 37.1 Å². The maximum absolute atomic E-state index is 12.3. The van der Waals surface area contributed by atoms with Gasteiger partial charge >= 0.3 is 6.03 Å². The number of hydrogen-bond acceptors (Lipinski definition) is 3. The average molecular weight is 364 g/mol. The van der Waals surface area contributed by atoms with E-state index in [4.69, 9.17) is 11.6 Å². The van der Waals surface area contributed by atoms with Crippen LogP contribution in [0.15, 0.2) is 36.4 Å². The SMILES string of the molecule is CCc1ccc(CNC(=O)N2CCN(c3cccc(Cl)c3)CC2)s1. The van der Waals surface area contributed by atoms with Crippen molar-refractivity contribution in [3.63, 3.8) is 0 Å². The van der Waals surface area contributed by atoms with Crippen molar-refractivity contribution >= 4 is 34.7 Å². The van der Waals surface area contributed by atoms with Gasteiger partial charge in [-0.1, -0.05) is 24.6 Å². The summed E-state index contributed by atoms with van der Waals surface area (Å²) in [7, 11) is 0. The van der Waals surface area contributed by atoms with Crippen molar-refractivity contribution < 1.29 is 4.79 Å². The van der Waals surface area contributed by atoms with E-state index in [0.717, 1.165) is 43.3 Å². The highest BCUT2D eigenvalue weighted by molar-refractivity contribution is 7.11. The monoisotopic (exact) mass is 363 g/mol. The molecule has 0 unspecified atom stereocenters. The number of nitrogens with one attached hydrogen (secondary N) is 1. The summed E-state index contributed by atoms with van der Waals surface area (Å²) < 4.78 is 0. The fourth-order valence-electron chi connectivity index (χ4n) is 2.82. The van der Waals surface area contributed by atoms with E-state index in [9.17, 15) is 4.79 Å². The Morgan fingerprint density at radius 2 is 1.92 bits per heavy atom. The van der Waals surface area contributed by atoms with Crippen molar-refractivity contribution in [2.24, 2.45) is 0 Å². The maximum atomic E-state index is 12.3. The zero-order chi connectivity index (χ0) is 16.9. The molecular weight excluding hydrogens is 342 g/mol. The van der Waals surface area contributed by atoms with Crippen molar-refractivity contribution in [3.05, 3.63) is 51.2 Å². The lowest BCUT2D eigenvalue weighted by Gasteiger charge is -2.36. The number of amides is 2. The smallest absolute Gasteiger partial charge is 0.317 e. The molecule has 1 aliphatic heterocycles. The number of nitrogens with zero attached hydrogens (tertiary/aromatic N) is 2. The lowest BCUT2D eigenvalue weighted by molar-refractivity contribution is 0.194. The molecule has 1 aromatic carbocycles. The number of hydrogen-bond donors (Lipinski definition) is 1. The molecule has 1 aliphatic rings. The molecule has 24 heavy (non-hydrogen) atoms. The molecule has 1 N–H and O–H groups in total. The van der Waals surface area contributed by atoms with Crippen LogP contribution in [-0.2, 0) is 13.0 Å². The summed E-state index contributed by atoms with van der Waals surface area (Å²) in [5.74, 6) is 0. The van der Waals surface area contributed by atoms with E-state index in [2.05, 4.69) is 35.3 Å². The highest BCUT2D eigenvalue weighted by Crippen LogP contribution is 2.21. The Morgan fingerprint density at radius 3 is 2.58 bits per heavy atom. The maximum Gasteiger partial charge on any atom is 0.317 e. The minimum Gasteiger partial charge on any atom is -0.368 e. The third kappa shape index (κ3) is 4.22. The van der Waals surface area contributed by atoms with E-state index in [1.54, 1.807) is 11.3 Å². The van der Waals surface area contributed by atoms with Gasteiger partial charge in [0.1, 0.15) is 0 Å². The first-order valence-electron chi connectivity index (χ1n) is 8.26. The molecule has 0 saturated carbocycles. The number of anilines is 1. The molecule has 0 radical (unpaired) electrons. The quantitative estimate of drug-likeness (QED) is 0.891. The first-order valence-corrected chi connectivity index (χ1v) is 9.46. The van der Waals surface area contributed by atoms with Crippen LogP contribution >= 0.6 is 22.9 Å². The van der Waals surface area contributed by atoms with Crippen LogP contribution in [0.4, 0.5) is 10.5 Å². The predicted octanol–water partition coefficient (Wildman–Crippen LogP) is 4.00. The van der Waals surface area contributed by atoms with Gasteiger partial charge in [0.25, 0.3) is 0 Å². The number of aryl methyl sites for hydroxylation is 1. The molecule has 1 saturated heterocycles. The number of rotatable bonds is 4. The summed E-state index contributed by atoms with van der Waals surface area (Å²) in [6.07, 6.45) is 1.05. The summed E-state index contributed by atoms with van der Waals surface area (Å²) in [5, 5.41) is 3.77. The van der Waals surface area contributed by atoms with E-state index < -0.39 is 0 Å². The second-order valence-electron chi connectivity index (χ2n) is 5.83. The summed E-state index contributed by atoms with van der Waals surface area (Å²) in [4.78, 5) is 19.0. The Balaban J connectivity index is 1.48. The van der Waals surface area contributed by atoms with E-state index in [1.807, 2.05) is 23.1 Å². The van der Waals surface area contributed by atoms with E-state index in [0.29, 0.717) is 6.54 Å². The minimum absolute atomic E-state index is 0.0205. The van der Waals surface area contributed by atoms with E-state index >= 15 is 0 Å². The number of carbonyl (C=O) groups is 1. The first-order chi connectivity index (χ1) is 11.7. The average Bonchev–Trinajstić information content (AvgIpc) is 3.08. The van der Waals surface area contributed by atoms with Gasteiger partial charge in [-0.15, -0.1) is 11.3 Å². The first kappa shape index (κ1) is 17.1. The fraction of sp³-hybridized carbons (Fsp3) is 0.389. The normalized spacial score (nSPS) is 14.8. The molecule has 0 bridgehead atoms. The zero-order valence-electron chi connectivity index (χ0n) is 13.8. The van der Waals surface area contributed by atoms with Gasteiger partial charge in [0.05, 0.1) is 6.54 Å². The summed E-state index contributed by atoms with van der Waals surface area (Å²) in [5.41, 5.74) is 1.12. The van der Waals surface area contributed by atoms with Crippen LogP contribution in [0.3, 0.4) is 0 Å². The lowest BCUT2D eigenvalue weighted by atomic mass is 10.2. The van der Waals surface area contributed by atoms with Gasteiger partial charge in [-0.3, -0.25) is 0 Å². The largest absolute Gasteiger partial charge is 0.368 e. The molecular formula is C18H22ClN3OS. The molecule has 1 aromatic heterocycles. The van der Waals surface area contributed by atoms with Gasteiger partial charge in [0, 0.05) is 46.6 Å². The highest BCUT2D eigenvalue weighted by Gasteiger charge is 2.21. The predicted molar refractivity (Wildman–Crippen MR) is 101 cm³/mol. The van der Waals surface area contributed by atoms with Crippen LogP contribution in [0.2, 0.25) is 5.02 Å². The van der Waals surface area contributed by atoms with Crippen LogP contribution in [0, 0.1) is 0 Å². The van der Waals surface area contributed by atoms with Crippen molar-refractivity contribution in [3.8, 4) is 0 Å². The lowest BCUT2D eigenvalue weighted by Crippen LogP contribution is -2.51. The molecule has 1 fully saturated rings. The Kier molecular flexibility index (Phi) is 5.63. The van der Waals surface area contributed by atoms with Gasteiger partial charge in [0.2, 0.25) is 0 Å². The second-order valence-corrected chi connectivity index (χ2v) is 7.52. The third-order valence-electron chi connectivity index (χ3n) is 4.22. The third-order valence-corrected chi connectivity index (χ3v) is 5.68. The fourth-order valence-corrected chi connectivity index (χ4v) is 3.90. The molecule has 3 rings (SSSR count). The molecule has 2 heterocycles. The molecule has 0 atom stereocenters. The molecule has 4 nitrogen and oxygen atoms in total. The number of piperazine rings is 1. The number of benzene rings is 1. The molecule has 6 heteroatoms. The van der Waals surface area contributed by atoms with Gasteiger partial charge in [-0.2, -0.15) is 0 Å². The van der Waals surface area contributed by atoms with Crippen molar-refractivity contribution in [1.29, 1.82) is 0 Å². The number of urea groups is 1. The van der Waals surface area contributed by atoms with Crippen molar-refractivity contribution in [2.75, 3.05) is 31.1 Å². The topological polar surface area (TPSA) is 35.6 Å². The van der Waals surface area contributed by atoms with Crippen LogP contribution in [0.25, 0.3) is 0 Å².